The summed E-state index contributed by atoms with van der Waals surface area (Å²) in [6.07, 6.45) is 1.41. The van der Waals surface area contributed by atoms with Crippen LogP contribution in [0.3, 0.4) is 0 Å². The highest BCUT2D eigenvalue weighted by atomic mass is 79.9. The SMILES string of the molecule is COC(=O)c1c(Cl)cnc(Br)c1C. The number of rotatable bonds is 1. The molecule has 3 nitrogen and oxygen atoms in total. The van der Waals surface area contributed by atoms with Crippen LogP contribution in [0, 0.1) is 6.92 Å². The lowest BCUT2D eigenvalue weighted by atomic mass is 10.1. The fourth-order valence-electron chi connectivity index (χ4n) is 0.910. The minimum absolute atomic E-state index is 0.299. The Morgan fingerprint density at radius 3 is 2.85 bits per heavy atom. The van der Waals surface area contributed by atoms with E-state index in [1.807, 2.05) is 0 Å². The van der Waals surface area contributed by atoms with E-state index in [1.165, 1.54) is 13.3 Å². The summed E-state index contributed by atoms with van der Waals surface area (Å²) < 4.78 is 5.18. The van der Waals surface area contributed by atoms with Crippen molar-refractivity contribution in [3.63, 3.8) is 0 Å². The predicted octanol–water partition coefficient (Wildman–Crippen LogP) is 2.59. The van der Waals surface area contributed by atoms with E-state index in [0.717, 1.165) is 0 Å². The standard InChI is InChI=1S/C8H7BrClNO2/c1-4-6(8(12)13-2)5(10)3-11-7(4)9/h3H,1-2H3. The molecule has 1 heterocycles. The van der Waals surface area contributed by atoms with Gasteiger partial charge in [0.25, 0.3) is 0 Å². The molecule has 0 aliphatic rings. The summed E-state index contributed by atoms with van der Waals surface area (Å²) in [7, 11) is 1.31. The first-order valence-corrected chi connectivity index (χ1v) is 4.64. The monoisotopic (exact) mass is 263 g/mol. The summed E-state index contributed by atoms with van der Waals surface area (Å²) >= 11 is 8.99. The average Bonchev–Trinajstić information content (AvgIpc) is 2.12. The lowest BCUT2D eigenvalue weighted by molar-refractivity contribution is 0.0600. The van der Waals surface area contributed by atoms with Gasteiger partial charge in [0.15, 0.2) is 0 Å². The van der Waals surface area contributed by atoms with Crippen molar-refractivity contribution in [2.45, 2.75) is 6.92 Å². The summed E-state index contributed by atoms with van der Waals surface area (Å²) in [6.45, 7) is 1.75. The number of carbonyl (C=O) groups is 1. The van der Waals surface area contributed by atoms with E-state index in [4.69, 9.17) is 11.6 Å². The quantitative estimate of drug-likeness (QED) is 0.578. The molecule has 1 aromatic heterocycles. The van der Waals surface area contributed by atoms with E-state index < -0.39 is 5.97 Å². The smallest absolute Gasteiger partial charge is 0.339 e. The Morgan fingerprint density at radius 1 is 1.69 bits per heavy atom. The third-order valence-corrected chi connectivity index (χ3v) is 2.69. The maximum atomic E-state index is 11.3. The van der Waals surface area contributed by atoms with Crippen LogP contribution in [-0.4, -0.2) is 18.1 Å². The first-order chi connectivity index (χ1) is 6.07. The second-order valence-corrected chi connectivity index (χ2v) is 3.55. The lowest BCUT2D eigenvalue weighted by Crippen LogP contribution is -2.06. The molecule has 0 aliphatic heterocycles. The van der Waals surface area contributed by atoms with Crippen LogP contribution in [0.4, 0.5) is 0 Å². The van der Waals surface area contributed by atoms with Crippen LogP contribution in [-0.2, 0) is 4.74 Å². The third-order valence-electron chi connectivity index (χ3n) is 1.60. The van der Waals surface area contributed by atoms with Crippen molar-refractivity contribution >= 4 is 33.5 Å². The Morgan fingerprint density at radius 2 is 2.31 bits per heavy atom. The first-order valence-electron chi connectivity index (χ1n) is 3.46. The number of pyridine rings is 1. The van der Waals surface area contributed by atoms with Gasteiger partial charge in [-0.15, -0.1) is 0 Å². The second kappa shape index (κ2) is 4.07. The number of nitrogens with zero attached hydrogens (tertiary/aromatic N) is 1. The van der Waals surface area contributed by atoms with E-state index in [0.29, 0.717) is 20.8 Å². The van der Waals surface area contributed by atoms with Crippen LogP contribution in [0.2, 0.25) is 5.02 Å². The zero-order valence-electron chi connectivity index (χ0n) is 7.10. The molecule has 1 aromatic rings. The summed E-state index contributed by atoms with van der Waals surface area (Å²) in [5.41, 5.74) is 1.03. The maximum Gasteiger partial charge on any atom is 0.339 e. The van der Waals surface area contributed by atoms with Gasteiger partial charge >= 0.3 is 5.97 Å². The van der Waals surface area contributed by atoms with E-state index >= 15 is 0 Å². The van der Waals surface area contributed by atoms with Gasteiger partial charge in [-0.25, -0.2) is 9.78 Å². The van der Waals surface area contributed by atoms with E-state index in [-0.39, 0.29) is 0 Å². The van der Waals surface area contributed by atoms with Crippen LogP contribution in [0.15, 0.2) is 10.8 Å². The van der Waals surface area contributed by atoms with Gasteiger partial charge < -0.3 is 4.74 Å². The van der Waals surface area contributed by atoms with Crippen LogP contribution >= 0.6 is 27.5 Å². The highest BCUT2D eigenvalue weighted by molar-refractivity contribution is 9.10. The maximum absolute atomic E-state index is 11.3. The van der Waals surface area contributed by atoms with Crippen LogP contribution < -0.4 is 0 Å². The zero-order valence-corrected chi connectivity index (χ0v) is 9.44. The number of methoxy groups -OCH3 is 1. The molecule has 0 amide bonds. The molecule has 1 rings (SSSR count). The normalized spacial score (nSPS) is 9.85. The fraction of sp³-hybridized carbons (Fsp3) is 0.250. The van der Waals surface area contributed by atoms with Gasteiger partial charge in [-0.2, -0.15) is 0 Å². The summed E-state index contributed by atoms with van der Waals surface area (Å²) in [5.74, 6) is -0.453. The van der Waals surface area contributed by atoms with Gasteiger partial charge in [-0.1, -0.05) is 11.6 Å². The average molecular weight is 265 g/mol. The third kappa shape index (κ3) is 2.00. The lowest BCUT2D eigenvalue weighted by Gasteiger charge is -2.06. The van der Waals surface area contributed by atoms with E-state index in [1.54, 1.807) is 6.92 Å². The molecule has 0 atom stereocenters. The van der Waals surface area contributed by atoms with Gasteiger partial charge in [0, 0.05) is 6.20 Å². The number of ether oxygens (including phenoxy) is 1. The van der Waals surface area contributed by atoms with Crippen LogP contribution in [0.5, 0.6) is 0 Å². The molecule has 0 unspecified atom stereocenters. The highest BCUT2D eigenvalue weighted by Gasteiger charge is 2.16. The number of esters is 1. The molecule has 5 heteroatoms. The van der Waals surface area contributed by atoms with Crippen molar-refractivity contribution in [3.05, 3.63) is 26.9 Å². The largest absolute Gasteiger partial charge is 0.465 e. The first kappa shape index (κ1) is 10.5. The van der Waals surface area contributed by atoms with E-state index in [9.17, 15) is 4.79 Å². The molecule has 0 spiro atoms. The highest BCUT2D eigenvalue weighted by Crippen LogP contribution is 2.24. The van der Waals surface area contributed by atoms with Gasteiger partial charge in [-0.3, -0.25) is 0 Å². The summed E-state index contributed by atoms with van der Waals surface area (Å²) in [5, 5.41) is 0.299. The zero-order chi connectivity index (χ0) is 10.0. The number of carbonyl (C=O) groups excluding carboxylic acids is 1. The number of hydrogen-bond donors (Lipinski definition) is 0. The van der Waals surface area contributed by atoms with E-state index in [2.05, 4.69) is 25.7 Å². The number of aromatic nitrogens is 1. The van der Waals surface area contributed by atoms with Crippen molar-refractivity contribution < 1.29 is 9.53 Å². The molecular formula is C8H7BrClNO2. The molecule has 13 heavy (non-hydrogen) atoms. The molecule has 0 aromatic carbocycles. The molecule has 0 aliphatic carbocycles. The predicted molar refractivity (Wildman–Crippen MR) is 53.0 cm³/mol. The minimum Gasteiger partial charge on any atom is -0.465 e. The Labute approximate surface area is 89.2 Å². The van der Waals surface area contributed by atoms with Crippen molar-refractivity contribution in [3.8, 4) is 0 Å². The Balaban J connectivity index is 3.33. The van der Waals surface area contributed by atoms with Gasteiger partial charge in [-0.05, 0) is 28.4 Å². The minimum atomic E-state index is -0.453. The fourth-order valence-corrected chi connectivity index (χ4v) is 1.48. The molecule has 0 N–H and O–H groups in total. The van der Waals surface area contributed by atoms with Crippen molar-refractivity contribution in [1.29, 1.82) is 0 Å². The Bertz CT molecular complexity index is 354. The molecule has 0 bridgehead atoms. The molecule has 0 saturated carbocycles. The van der Waals surface area contributed by atoms with Gasteiger partial charge in [0.1, 0.15) is 4.60 Å². The number of hydrogen-bond acceptors (Lipinski definition) is 3. The Kier molecular flexibility index (Phi) is 3.27. The number of halogens is 2. The Hall–Kier alpha value is -0.610. The topological polar surface area (TPSA) is 39.2 Å². The van der Waals surface area contributed by atoms with Crippen molar-refractivity contribution in [2.24, 2.45) is 0 Å². The summed E-state index contributed by atoms with van der Waals surface area (Å²) in [6, 6.07) is 0. The van der Waals surface area contributed by atoms with Crippen LogP contribution in [0.1, 0.15) is 15.9 Å². The molecule has 0 fully saturated rings. The molecule has 70 valence electrons. The van der Waals surface area contributed by atoms with Crippen LogP contribution in [0.25, 0.3) is 0 Å². The van der Waals surface area contributed by atoms with Crippen molar-refractivity contribution in [2.75, 3.05) is 7.11 Å². The molecule has 0 saturated heterocycles. The van der Waals surface area contributed by atoms with Gasteiger partial charge in [0.05, 0.1) is 17.7 Å². The van der Waals surface area contributed by atoms with Crippen molar-refractivity contribution in [1.82, 2.24) is 4.98 Å². The molecule has 0 radical (unpaired) electrons. The summed E-state index contributed by atoms with van der Waals surface area (Å²) in [4.78, 5) is 15.2. The van der Waals surface area contributed by atoms with Gasteiger partial charge in [0.2, 0.25) is 0 Å². The molecular weight excluding hydrogens is 257 g/mol. The second-order valence-electron chi connectivity index (χ2n) is 2.39.